The maximum absolute atomic E-state index is 14.2. The van der Waals surface area contributed by atoms with Crippen LogP contribution in [0.5, 0.6) is 5.75 Å². The predicted octanol–water partition coefficient (Wildman–Crippen LogP) is 5.88. The molecule has 0 fully saturated rings. The SMILES string of the molecule is CC[C@H](C)NC(=O)[C@H](CC)N(Cc1ccc(C)cc1)C(=O)CN(c1cc(Cl)ccc1OC)S(=O)(=O)c1ccc(C)cc1. The Morgan fingerprint density at radius 3 is 2.07 bits per heavy atom. The molecule has 0 aromatic heterocycles. The van der Waals surface area contributed by atoms with Crippen LogP contribution < -0.4 is 14.4 Å². The van der Waals surface area contributed by atoms with Gasteiger partial charge in [-0.1, -0.05) is 73.0 Å². The Labute approximate surface area is 254 Å². The van der Waals surface area contributed by atoms with Gasteiger partial charge >= 0.3 is 0 Å². The summed E-state index contributed by atoms with van der Waals surface area (Å²) >= 11 is 6.31. The van der Waals surface area contributed by atoms with Gasteiger partial charge in [-0.05, 0) is 69.5 Å². The van der Waals surface area contributed by atoms with Gasteiger partial charge in [0.15, 0.2) is 0 Å². The van der Waals surface area contributed by atoms with Gasteiger partial charge in [-0.3, -0.25) is 13.9 Å². The molecule has 0 aliphatic rings. The minimum Gasteiger partial charge on any atom is -0.495 e. The zero-order chi connectivity index (χ0) is 31.0. The van der Waals surface area contributed by atoms with E-state index < -0.39 is 28.5 Å². The van der Waals surface area contributed by atoms with E-state index in [-0.39, 0.29) is 39.8 Å². The highest BCUT2D eigenvalue weighted by atomic mass is 35.5. The van der Waals surface area contributed by atoms with Crippen molar-refractivity contribution in [3.05, 3.63) is 88.4 Å². The molecule has 10 heteroatoms. The molecule has 0 heterocycles. The number of carbonyl (C=O) groups excluding carboxylic acids is 2. The highest BCUT2D eigenvalue weighted by Gasteiger charge is 2.35. The van der Waals surface area contributed by atoms with Crippen LogP contribution in [0.2, 0.25) is 5.02 Å². The number of benzene rings is 3. The second-order valence-electron chi connectivity index (χ2n) is 10.4. The van der Waals surface area contributed by atoms with Crippen LogP contribution in [0.25, 0.3) is 0 Å². The van der Waals surface area contributed by atoms with Crippen molar-refractivity contribution in [3.8, 4) is 5.75 Å². The third-order valence-electron chi connectivity index (χ3n) is 7.16. The van der Waals surface area contributed by atoms with Crippen LogP contribution in [0.4, 0.5) is 5.69 Å². The van der Waals surface area contributed by atoms with E-state index in [1.54, 1.807) is 24.3 Å². The second kappa shape index (κ2) is 14.6. The second-order valence-corrected chi connectivity index (χ2v) is 12.7. The van der Waals surface area contributed by atoms with Gasteiger partial charge in [-0.2, -0.15) is 0 Å². The van der Waals surface area contributed by atoms with E-state index in [0.29, 0.717) is 6.42 Å². The van der Waals surface area contributed by atoms with Gasteiger partial charge in [0.1, 0.15) is 18.3 Å². The summed E-state index contributed by atoms with van der Waals surface area (Å²) in [4.78, 5) is 29.1. The number of carbonyl (C=O) groups is 2. The summed E-state index contributed by atoms with van der Waals surface area (Å²) in [6.45, 7) is 9.06. The van der Waals surface area contributed by atoms with Crippen LogP contribution in [-0.2, 0) is 26.2 Å². The smallest absolute Gasteiger partial charge is 0.264 e. The molecule has 0 bridgehead atoms. The molecule has 8 nitrogen and oxygen atoms in total. The third-order valence-corrected chi connectivity index (χ3v) is 9.17. The fraction of sp³-hybridized carbons (Fsp3) is 0.375. The van der Waals surface area contributed by atoms with E-state index in [0.717, 1.165) is 27.4 Å². The Bertz CT molecular complexity index is 1480. The van der Waals surface area contributed by atoms with Crippen molar-refractivity contribution >= 4 is 39.1 Å². The molecule has 42 heavy (non-hydrogen) atoms. The van der Waals surface area contributed by atoms with E-state index in [1.807, 2.05) is 58.9 Å². The number of sulfonamides is 1. The standard InChI is InChI=1S/C32H40ClN3O5S/c1-7-24(5)34-32(38)28(8-2)35(20-25-13-9-22(3)10-14-25)31(37)21-36(29-19-26(33)15-18-30(29)41-6)42(39,40)27-16-11-23(4)12-17-27/h9-19,24,28H,7-8,20-21H2,1-6H3,(H,34,38)/t24-,28-/m0/s1. The summed E-state index contributed by atoms with van der Waals surface area (Å²) in [5, 5.41) is 3.26. The Hall–Kier alpha value is -3.56. The van der Waals surface area contributed by atoms with Gasteiger partial charge < -0.3 is 15.0 Å². The van der Waals surface area contributed by atoms with Gasteiger partial charge in [-0.25, -0.2) is 8.42 Å². The number of anilines is 1. The number of ether oxygens (including phenoxy) is 1. The van der Waals surface area contributed by atoms with Crippen molar-refractivity contribution in [2.75, 3.05) is 18.0 Å². The maximum Gasteiger partial charge on any atom is 0.264 e. The molecular formula is C32H40ClN3O5S. The Morgan fingerprint density at radius 2 is 1.52 bits per heavy atom. The highest BCUT2D eigenvalue weighted by molar-refractivity contribution is 7.92. The number of rotatable bonds is 13. The predicted molar refractivity (Wildman–Crippen MR) is 167 cm³/mol. The van der Waals surface area contributed by atoms with E-state index in [2.05, 4.69) is 5.32 Å². The van der Waals surface area contributed by atoms with E-state index in [1.165, 1.54) is 30.2 Å². The quantitative estimate of drug-likeness (QED) is 0.260. The minimum absolute atomic E-state index is 0.00886. The summed E-state index contributed by atoms with van der Waals surface area (Å²) in [5.41, 5.74) is 2.88. The molecule has 0 unspecified atom stereocenters. The molecule has 0 spiro atoms. The van der Waals surface area contributed by atoms with Crippen LogP contribution in [0.1, 0.15) is 50.3 Å². The van der Waals surface area contributed by atoms with Crippen LogP contribution in [0, 0.1) is 13.8 Å². The number of halogens is 1. The van der Waals surface area contributed by atoms with Crippen LogP contribution in [0.3, 0.4) is 0 Å². The molecule has 1 N–H and O–H groups in total. The van der Waals surface area contributed by atoms with Crippen molar-refractivity contribution < 1.29 is 22.7 Å². The van der Waals surface area contributed by atoms with Gasteiger partial charge in [0.25, 0.3) is 10.0 Å². The van der Waals surface area contributed by atoms with E-state index in [9.17, 15) is 18.0 Å². The molecule has 0 saturated carbocycles. The summed E-state index contributed by atoms with van der Waals surface area (Å²) in [6, 6.07) is 17.7. The summed E-state index contributed by atoms with van der Waals surface area (Å²) in [5.74, 6) is -0.602. The molecule has 0 saturated heterocycles. The topological polar surface area (TPSA) is 96.0 Å². The number of nitrogens with one attached hydrogen (secondary N) is 1. The number of aryl methyl sites for hydroxylation is 2. The lowest BCUT2D eigenvalue weighted by Crippen LogP contribution is -2.53. The number of amides is 2. The molecule has 0 aliphatic carbocycles. The van der Waals surface area contributed by atoms with Crippen molar-refractivity contribution in [2.24, 2.45) is 0 Å². The molecule has 3 rings (SSSR count). The number of hydrogen-bond donors (Lipinski definition) is 1. The molecule has 3 aromatic rings. The van der Waals surface area contributed by atoms with Crippen molar-refractivity contribution in [1.82, 2.24) is 10.2 Å². The lowest BCUT2D eigenvalue weighted by atomic mass is 10.1. The summed E-state index contributed by atoms with van der Waals surface area (Å²) in [6.07, 6.45) is 1.07. The Morgan fingerprint density at radius 1 is 0.929 bits per heavy atom. The lowest BCUT2D eigenvalue weighted by Gasteiger charge is -2.34. The van der Waals surface area contributed by atoms with Gasteiger partial charge in [-0.15, -0.1) is 0 Å². The summed E-state index contributed by atoms with van der Waals surface area (Å²) < 4.78 is 34.7. The Balaban J connectivity index is 2.12. The van der Waals surface area contributed by atoms with Crippen molar-refractivity contribution in [2.45, 2.75) is 71.0 Å². The average Bonchev–Trinajstić information content (AvgIpc) is 2.96. The molecule has 226 valence electrons. The fourth-order valence-electron chi connectivity index (χ4n) is 4.46. The van der Waals surface area contributed by atoms with E-state index in [4.69, 9.17) is 16.3 Å². The lowest BCUT2D eigenvalue weighted by molar-refractivity contribution is -0.140. The number of nitrogens with zero attached hydrogens (tertiary/aromatic N) is 2. The average molecular weight is 614 g/mol. The first-order chi connectivity index (χ1) is 19.9. The Kier molecular flexibility index (Phi) is 11.4. The number of methoxy groups -OCH3 is 1. The van der Waals surface area contributed by atoms with Gasteiger partial charge in [0.2, 0.25) is 11.8 Å². The monoisotopic (exact) mass is 613 g/mol. The highest BCUT2D eigenvalue weighted by Crippen LogP contribution is 2.35. The summed E-state index contributed by atoms with van der Waals surface area (Å²) in [7, 11) is -2.84. The molecular weight excluding hydrogens is 574 g/mol. The zero-order valence-electron chi connectivity index (χ0n) is 25.1. The number of hydrogen-bond acceptors (Lipinski definition) is 5. The van der Waals surface area contributed by atoms with Crippen LogP contribution in [0.15, 0.2) is 71.6 Å². The molecule has 2 atom stereocenters. The molecule has 3 aromatic carbocycles. The van der Waals surface area contributed by atoms with Crippen molar-refractivity contribution in [1.29, 1.82) is 0 Å². The largest absolute Gasteiger partial charge is 0.495 e. The molecule has 0 aliphatic heterocycles. The van der Waals surface area contributed by atoms with Gasteiger partial charge in [0.05, 0.1) is 17.7 Å². The van der Waals surface area contributed by atoms with Gasteiger partial charge in [0, 0.05) is 17.6 Å². The van der Waals surface area contributed by atoms with Crippen LogP contribution >= 0.6 is 11.6 Å². The first kappa shape index (κ1) is 32.9. The third kappa shape index (κ3) is 8.04. The zero-order valence-corrected chi connectivity index (χ0v) is 26.6. The minimum atomic E-state index is -4.26. The molecule has 0 radical (unpaired) electrons. The normalized spacial score (nSPS) is 12.7. The fourth-order valence-corrected chi connectivity index (χ4v) is 6.04. The van der Waals surface area contributed by atoms with Crippen LogP contribution in [-0.4, -0.2) is 50.9 Å². The first-order valence-electron chi connectivity index (χ1n) is 14.0. The van der Waals surface area contributed by atoms with E-state index >= 15 is 0 Å². The first-order valence-corrected chi connectivity index (χ1v) is 15.8. The maximum atomic E-state index is 14.2. The van der Waals surface area contributed by atoms with Crippen molar-refractivity contribution in [3.63, 3.8) is 0 Å². The molecule has 2 amide bonds.